The van der Waals surface area contributed by atoms with Crippen molar-refractivity contribution < 1.29 is 14.3 Å². The minimum atomic E-state index is -0.563. The molecule has 0 bridgehead atoms. The minimum Gasteiger partial charge on any atom is -0.468 e. The number of benzene rings is 1. The van der Waals surface area contributed by atoms with Gasteiger partial charge >= 0.3 is 5.97 Å². The van der Waals surface area contributed by atoms with Crippen LogP contribution in [0.4, 0.5) is 0 Å². The summed E-state index contributed by atoms with van der Waals surface area (Å²) in [5.74, 6) is -0.957. The molecule has 0 heterocycles. The van der Waals surface area contributed by atoms with Crippen molar-refractivity contribution >= 4 is 11.8 Å². The molecule has 0 radical (unpaired) electrons. The number of methoxy groups -OCH3 is 1. The summed E-state index contributed by atoms with van der Waals surface area (Å²) in [5, 5.41) is 0. The first-order chi connectivity index (χ1) is 8.57. The Labute approximate surface area is 107 Å². The van der Waals surface area contributed by atoms with E-state index in [1.165, 1.54) is 12.7 Å². The predicted molar refractivity (Wildman–Crippen MR) is 68.2 cm³/mol. The van der Waals surface area contributed by atoms with Gasteiger partial charge in [-0.3, -0.25) is 9.59 Å². The van der Waals surface area contributed by atoms with E-state index in [1.807, 2.05) is 30.3 Å². The molecule has 3 heteroatoms. The molecular weight excluding hydrogens is 228 g/mol. The van der Waals surface area contributed by atoms with Crippen LogP contribution >= 0.6 is 0 Å². The van der Waals surface area contributed by atoms with Crippen molar-refractivity contribution in [3.8, 4) is 0 Å². The van der Waals surface area contributed by atoms with Gasteiger partial charge in [-0.15, -0.1) is 0 Å². The summed E-state index contributed by atoms with van der Waals surface area (Å²) in [5.41, 5.74) is 1.02. The van der Waals surface area contributed by atoms with Crippen LogP contribution in [0.15, 0.2) is 30.3 Å². The lowest BCUT2D eigenvalue weighted by Crippen LogP contribution is -2.38. The van der Waals surface area contributed by atoms with Crippen LogP contribution in [0.25, 0.3) is 0 Å². The highest BCUT2D eigenvalue weighted by molar-refractivity contribution is 6.00. The van der Waals surface area contributed by atoms with Crippen molar-refractivity contribution in [2.24, 2.45) is 5.92 Å². The molecule has 1 aliphatic rings. The zero-order valence-electron chi connectivity index (χ0n) is 10.8. The highest BCUT2D eigenvalue weighted by atomic mass is 16.5. The first-order valence-corrected chi connectivity index (χ1v) is 6.23. The van der Waals surface area contributed by atoms with Gasteiger partial charge in [-0.2, -0.15) is 0 Å². The lowest BCUT2D eigenvalue weighted by atomic mass is 9.67. The second-order valence-corrected chi connectivity index (χ2v) is 5.18. The molecule has 3 nitrogen and oxygen atoms in total. The van der Waals surface area contributed by atoms with Crippen LogP contribution in [-0.4, -0.2) is 18.9 Å². The Morgan fingerprint density at radius 1 is 1.33 bits per heavy atom. The van der Waals surface area contributed by atoms with Gasteiger partial charge in [0.2, 0.25) is 0 Å². The standard InChI is InChI=1S/C15H18O3/c1-15(11-6-4-3-5-7-11)9-8-12(13(16)10-15)14(17)18-2/h3-7,12H,8-10H2,1-2H3. The van der Waals surface area contributed by atoms with Crippen LogP contribution in [-0.2, 0) is 19.7 Å². The number of rotatable bonds is 2. The summed E-state index contributed by atoms with van der Waals surface area (Å²) < 4.78 is 4.67. The van der Waals surface area contributed by atoms with Gasteiger partial charge in [-0.25, -0.2) is 0 Å². The Morgan fingerprint density at radius 2 is 2.00 bits per heavy atom. The fourth-order valence-electron chi connectivity index (χ4n) is 2.70. The molecule has 2 unspecified atom stereocenters. The molecule has 0 N–H and O–H groups in total. The summed E-state index contributed by atoms with van der Waals surface area (Å²) in [4.78, 5) is 23.6. The molecule has 1 aliphatic carbocycles. The molecule has 0 aliphatic heterocycles. The molecular formula is C15H18O3. The van der Waals surface area contributed by atoms with Crippen molar-refractivity contribution in [3.05, 3.63) is 35.9 Å². The fraction of sp³-hybridized carbons (Fsp3) is 0.467. The summed E-state index contributed by atoms with van der Waals surface area (Å²) in [7, 11) is 1.33. The molecule has 0 aromatic heterocycles. The molecule has 0 amide bonds. The van der Waals surface area contributed by atoms with Crippen LogP contribution in [0.2, 0.25) is 0 Å². The number of ketones is 1. The van der Waals surface area contributed by atoms with Gasteiger partial charge in [-0.1, -0.05) is 37.3 Å². The average Bonchev–Trinajstić information content (AvgIpc) is 2.39. The first kappa shape index (κ1) is 12.8. The summed E-state index contributed by atoms with van der Waals surface area (Å²) in [6.07, 6.45) is 1.83. The third-order valence-corrected chi connectivity index (χ3v) is 3.89. The van der Waals surface area contributed by atoms with E-state index in [1.54, 1.807) is 0 Å². The molecule has 1 aromatic rings. The Bertz CT molecular complexity index is 452. The number of carbonyl (C=O) groups excluding carboxylic acids is 2. The third-order valence-electron chi connectivity index (χ3n) is 3.89. The number of Topliss-reactive ketones (excluding diaryl/α,β-unsaturated/α-hetero) is 1. The number of hydrogen-bond donors (Lipinski definition) is 0. The van der Waals surface area contributed by atoms with Crippen molar-refractivity contribution in [3.63, 3.8) is 0 Å². The third kappa shape index (κ3) is 2.30. The zero-order chi connectivity index (χ0) is 13.2. The van der Waals surface area contributed by atoms with Crippen LogP contribution in [0.5, 0.6) is 0 Å². The van der Waals surface area contributed by atoms with Crippen molar-refractivity contribution in [2.75, 3.05) is 7.11 Å². The van der Waals surface area contributed by atoms with Crippen LogP contribution in [0.3, 0.4) is 0 Å². The molecule has 1 saturated carbocycles. The molecule has 0 saturated heterocycles. The monoisotopic (exact) mass is 246 g/mol. The van der Waals surface area contributed by atoms with Gasteiger partial charge in [0.1, 0.15) is 11.7 Å². The van der Waals surface area contributed by atoms with E-state index in [-0.39, 0.29) is 11.2 Å². The van der Waals surface area contributed by atoms with Gasteiger partial charge in [0.05, 0.1) is 7.11 Å². The van der Waals surface area contributed by atoms with Crippen LogP contribution in [0.1, 0.15) is 31.7 Å². The van der Waals surface area contributed by atoms with Gasteiger partial charge < -0.3 is 4.74 Å². The zero-order valence-corrected chi connectivity index (χ0v) is 10.8. The molecule has 2 rings (SSSR count). The maximum Gasteiger partial charge on any atom is 0.316 e. The van der Waals surface area contributed by atoms with E-state index < -0.39 is 11.9 Å². The minimum absolute atomic E-state index is 0.000506. The van der Waals surface area contributed by atoms with E-state index in [4.69, 9.17) is 0 Å². The molecule has 1 aromatic carbocycles. The second-order valence-electron chi connectivity index (χ2n) is 5.18. The van der Waals surface area contributed by atoms with E-state index in [2.05, 4.69) is 11.7 Å². The SMILES string of the molecule is COC(=O)C1CCC(C)(c2ccccc2)CC1=O. The number of esters is 1. The lowest BCUT2D eigenvalue weighted by molar-refractivity contribution is -0.151. The molecule has 2 atom stereocenters. The average molecular weight is 246 g/mol. The first-order valence-electron chi connectivity index (χ1n) is 6.23. The molecule has 96 valence electrons. The van der Waals surface area contributed by atoms with Gasteiger partial charge in [-0.05, 0) is 23.8 Å². The number of ether oxygens (including phenoxy) is 1. The van der Waals surface area contributed by atoms with Crippen LogP contribution < -0.4 is 0 Å². The Kier molecular flexibility index (Phi) is 3.50. The Hall–Kier alpha value is -1.64. The summed E-state index contributed by atoms with van der Waals surface area (Å²) >= 11 is 0. The van der Waals surface area contributed by atoms with E-state index in [9.17, 15) is 9.59 Å². The van der Waals surface area contributed by atoms with Crippen molar-refractivity contribution in [2.45, 2.75) is 31.6 Å². The molecule has 0 spiro atoms. The van der Waals surface area contributed by atoms with Gasteiger partial charge in [0.25, 0.3) is 0 Å². The van der Waals surface area contributed by atoms with Crippen molar-refractivity contribution in [1.29, 1.82) is 0 Å². The van der Waals surface area contributed by atoms with Crippen LogP contribution in [0, 0.1) is 5.92 Å². The number of hydrogen-bond acceptors (Lipinski definition) is 3. The molecule has 18 heavy (non-hydrogen) atoms. The Morgan fingerprint density at radius 3 is 2.56 bits per heavy atom. The smallest absolute Gasteiger partial charge is 0.316 e. The quantitative estimate of drug-likeness (QED) is 0.595. The van der Waals surface area contributed by atoms with Crippen molar-refractivity contribution in [1.82, 2.24) is 0 Å². The maximum atomic E-state index is 12.1. The van der Waals surface area contributed by atoms with Gasteiger partial charge in [0.15, 0.2) is 0 Å². The van der Waals surface area contributed by atoms with E-state index in [0.29, 0.717) is 12.8 Å². The fourth-order valence-corrected chi connectivity index (χ4v) is 2.70. The lowest BCUT2D eigenvalue weighted by Gasteiger charge is -2.35. The highest BCUT2D eigenvalue weighted by Gasteiger charge is 2.41. The largest absolute Gasteiger partial charge is 0.468 e. The maximum absolute atomic E-state index is 12.1. The normalized spacial score (nSPS) is 27.9. The van der Waals surface area contributed by atoms with Gasteiger partial charge in [0, 0.05) is 6.42 Å². The number of carbonyl (C=O) groups is 2. The van der Waals surface area contributed by atoms with E-state index >= 15 is 0 Å². The second kappa shape index (κ2) is 4.92. The summed E-state index contributed by atoms with van der Waals surface area (Å²) in [6, 6.07) is 10.0. The molecule has 1 fully saturated rings. The Balaban J connectivity index is 2.17. The van der Waals surface area contributed by atoms with E-state index in [0.717, 1.165) is 6.42 Å². The summed E-state index contributed by atoms with van der Waals surface area (Å²) in [6.45, 7) is 2.09. The predicted octanol–water partition coefficient (Wildman–Crippen LogP) is 2.49. The highest BCUT2D eigenvalue weighted by Crippen LogP contribution is 2.39. The topological polar surface area (TPSA) is 43.4 Å².